The van der Waals surface area contributed by atoms with Crippen LogP contribution in [0, 0.1) is 11.7 Å². The van der Waals surface area contributed by atoms with Crippen LogP contribution in [-0.4, -0.2) is 36.4 Å². The van der Waals surface area contributed by atoms with E-state index < -0.39 is 11.8 Å². The number of hydrogen-bond acceptors (Lipinski definition) is 3. The molecule has 1 saturated carbocycles. The van der Waals surface area contributed by atoms with E-state index in [1.165, 1.54) is 6.07 Å². The molecule has 1 saturated heterocycles. The number of halogens is 1. The number of piperidine rings is 1. The average molecular weight is 293 g/mol. The number of fused-ring (bicyclic) bond motifs is 2. The topological polar surface area (TPSA) is 49.8 Å². The van der Waals surface area contributed by atoms with Gasteiger partial charge in [0.15, 0.2) is 0 Å². The van der Waals surface area contributed by atoms with Crippen LogP contribution < -0.4 is 4.90 Å². The summed E-state index contributed by atoms with van der Waals surface area (Å²) in [7, 11) is 0. The summed E-state index contributed by atoms with van der Waals surface area (Å²) >= 11 is 0. The molecule has 4 nitrogen and oxygen atoms in total. The first-order valence-corrected chi connectivity index (χ1v) is 7.51. The van der Waals surface area contributed by atoms with Crippen molar-refractivity contribution in [2.24, 2.45) is 5.92 Å². The van der Waals surface area contributed by atoms with Crippen LogP contribution in [0.3, 0.4) is 0 Å². The Bertz CT molecular complexity index is 548. The maximum Gasteiger partial charge on any atom is 0.335 e. The third-order valence-electron chi connectivity index (χ3n) is 4.52. The lowest BCUT2D eigenvalue weighted by Crippen LogP contribution is -2.39. The fourth-order valence-electron chi connectivity index (χ4n) is 3.55. The van der Waals surface area contributed by atoms with Crippen LogP contribution >= 0.6 is 0 Å². The second kappa shape index (κ2) is 5.64. The third-order valence-corrected chi connectivity index (χ3v) is 4.52. The van der Waals surface area contributed by atoms with Gasteiger partial charge >= 0.3 is 5.97 Å². The minimum Gasteiger partial charge on any atom is -0.478 e. The molecule has 0 spiro atoms. The van der Waals surface area contributed by atoms with Gasteiger partial charge in [0, 0.05) is 25.1 Å². The number of aromatic carboxylic acids is 1. The van der Waals surface area contributed by atoms with Crippen molar-refractivity contribution in [2.75, 3.05) is 18.1 Å². The molecule has 1 aromatic rings. The summed E-state index contributed by atoms with van der Waals surface area (Å²) in [6.45, 7) is 3.68. The number of carboxylic acid groups (broad SMARTS) is 1. The predicted molar refractivity (Wildman–Crippen MR) is 77.2 cm³/mol. The van der Waals surface area contributed by atoms with E-state index in [0.29, 0.717) is 23.8 Å². The Morgan fingerprint density at radius 2 is 2.29 bits per heavy atom. The smallest absolute Gasteiger partial charge is 0.335 e. The van der Waals surface area contributed by atoms with E-state index in [9.17, 15) is 9.18 Å². The maximum atomic E-state index is 14.2. The van der Waals surface area contributed by atoms with Crippen LogP contribution in [-0.2, 0) is 4.74 Å². The monoisotopic (exact) mass is 293 g/mol. The van der Waals surface area contributed by atoms with E-state index in [2.05, 4.69) is 11.8 Å². The summed E-state index contributed by atoms with van der Waals surface area (Å²) in [5.41, 5.74) is 0.506. The first-order valence-electron chi connectivity index (χ1n) is 7.51. The SMILES string of the molecule is CCCO[C@@H]1C[C@@H]2C[C@H]1CN2c1ccc(C(=O)O)cc1F. The minimum absolute atomic E-state index is 0.00948. The van der Waals surface area contributed by atoms with Crippen molar-refractivity contribution in [1.82, 2.24) is 0 Å². The second-order valence-corrected chi connectivity index (χ2v) is 5.92. The molecule has 0 unspecified atom stereocenters. The van der Waals surface area contributed by atoms with E-state index in [-0.39, 0.29) is 5.56 Å². The Kier molecular flexibility index (Phi) is 3.85. The molecule has 0 amide bonds. The van der Waals surface area contributed by atoms with Crippen molar-refractivity contribution >= 4 is 11.7 Å². The summed E-state index contributed by atoms with van der Waals surface area (Å²) in [4.78, 5) is 12.9. The summed E-state index contributed by atoms with van der Waals surface area (Å²) in [5, 5.41) is 8.89. The highest BCUT2D eigenvalue weighted by molar-refractivity contribution is 5.88. The quantitative estimate of drug-likeness (QED) is 0.907. The lowest BCUT2D eigenvalue weighted by Gasteiger charge is -2.33. The number of anilines is 1. The number of rotatable bonds is 5. The van der Waals surface area contributed by atoms with Crippen molar-refractivity contribution in [3.63, 3.8) is 0 Å². The van der Waals surface area contributed by atoms with E-state index in [1.807, 2.05) is 0 Å². The Labute approximate surface area is 123 Å². The third kappa shape index (κ3) is 2.62. The van der Waals surface area contributed by atoms with Crippen molar-refractivity contribution < 1.29 is 19.0 Å². The molecule has 0 aromatic heterocycles. The molecule has 3 atom stereocenters. The first-order chi connectivity index (χ1) is 10.1. The van der Waals surface area contributed by atoms with Gasteiger partial charge in [0.25, 0.3) is 0 Å². The molecule has 5 heteroatoms. The van der Waals surface area contributed by atoms with Crippen LogP contribution in [0.25, 0.3) is 0 Å². The van der Waals surface area contributed by atoms with Crippen LogP contribution in [0.15, 0.2) is 18.2 Å². The van der Waals surface area contributed by atoms with Gasteiger partial charge in [0.1, 0.15) is 5.82 Å². The number of ether oxygens (including phenoxy) is 1. The first kappa shape index (κ1) is 14.3. The summed E-state index contributed by atoms with van der Waals surface area (Å²) < 4.78 is 20.0. The van der Waals surface area contributed by atoms with Crippen molar-refractivity contribution in [3.8, 4) is 0 Å². The number of hydrogen-bond donors (Lipinski definition) is 1. The van der Waals surface area contributed by atoms with Gasteiger partial charge in [0.05, 0.1) is 17.4 Å². The standard InChI is InChI=1S/C16H20FNO3/c1-2-5-21-15-8-12-6-11(15)9-18(12)14-4-3-10(16(19)20)7-13(14)17/h3-4,7,11-12,15H,2,5-6,8-9H2,1H3,(H,19,20)/t11-,12-,15+/m0/s1. The number of benzene rings is 1. The van der Waals surface area contributed by atoms with Crippen molar-refractivity contribution in [3.05, 3.63) is 29.6 Å². The maximum absolute atomic E-state index is 14.2. The molecule has 2 fully saturated rings. The zero-order chi connectivity index (χ0) is 15.0. The zero-order valence-corrected chi connectivity index (χ0v) is 12.1. The molecule has 0 radical (unpaired) electrons. The Hall–Kier alpha value is -1.62. The van der Waals surface area contributed by atoms with Crippen molar-refractivity contribution in [2.45, 2.75) is 38.3 Å². The van der Waals surface area contributed by atoms with Gasteiger partial charge in [-0.15, -0.1) is 0 Å². The lowest BCUT2D eigenvalue weighted by atomic mass is 10.0. The van der Waals surface area contributed by atoms with E-state index in [4.69, 9.17) is 9.84 Å². The molecule has 3 rings (SSSR count). The van der Waals surface area contributed by atoms with Crippen molar-refractivity contribution in [1.29, 1.82) is 0 Å². The highest BCUT2D eigenvalue weighted by Gasteiger charge is 2.45. The lowest BCUT2D eigenvalue weighted by molar-refractivity contribution is 0.0247. The number of carbonyl (C=O) groups is 1. The molecule has 1 aromatic carbocycles. The minimum atomic E-state index is -1.10. The summed E-state index contributed by atoms with van der Waals surface area (Å²) in [5.74, 6) is -1.09. The van der Waals surface area contributed by atoms with Crippen LogP contribution in [0.1, 0.15) is 36.5 Å². The summed E-state index contributed by atoms with van der Waals surface area (Å²) in [6, 6.07) is 4.47. The number of nitrogens with zero attached hydrogens (tertiary/aromatic N) is 1. The molecule has 21 heavy (non-hydrogen) atoms. The Morgan fingerprint density at radius 3 is 2.86 bits per heavy atom. The Morgan fingerprint density at radius 1 is 1.48 bits per heavy atom. The van der Waals surface area contributed by atoms with Gasteiger partial charge in [-0.3, -0.25) is 0 Å². The molecule has 1 aliphatic heterocycles. The normalized spacial score (nSPS) is 27.3. The zero-order valence-electron chi connectivity index (χ0n) is 12.1. The van der Waals surface area contributed by atoms with Gasteiger partial charge in [-0.25, -0.2) is 9.18 Å². The predicted octanol–water partition coefficient (Wildman–Crippen LogP) is 2.92. The molecular weight excluding hydrogens is 273 g/mol. The second-order valence-electron chi connectivity index (χ2n) is 5.92. The Balaban J connectivity index is 1.72. The van der Waals surface area contributed by atoms with E-state index in [1.54, 1.807) is 6.07 Å². The molecule has 1 aliphatic carbocycles. The summed E-state index contributed by atoms with van der Waals surface area (Å²) in [6.07, 6.45) is 3.29. The van der Waals surface area contributed by atoms with Crippen LogP contribution in [0.2, 0.25) is 0 Å². The molecule has 2 aliphatic rings. The van der Waals surface area contributed by atoms with Gasteiger partial charge in [-0.2, -0.15) is 0 Å². The van der Waals surface area contributed by atoms with Crippen LogP contribution in [0.5, 0.6) is 0 Å². The molecule has 114 valence electrons. The molecule has 1 heterocycles. The number of carboxylic acids is 1. The highest BCUT2D eigenvalue weighted by atomic mass is 19.1. The van der Waals surface area contributed by atoms with Gasteiger partial charge in [-0.05, 0) is 37.5 Å². The fourth-order valence-corrected chi connectivity index (χ4v) is 3.55. The molecular formula is C16H20FNO3. The highest BCUT2D eigenvalue weighted by Crippen LogP contribution is 2.42. The molecule has 2 bridgehead atoms. The largest absolute Gasteiger partial charge is 0.478 e. The van der Waals surface area contributed by atoms with Crippen LogP contribution in [0.4, 0.5) is 10.1 Å². The average Bonchev–Trinajstić information content (AvgIpc) is 3.04. The van der Waals surface area contributed by atoms with Gasteiger partial charge in [-0.1, -0.05) is 6.92 Å². The van der Waals surface area contributed by atoms with Gasteiger partial charge in [0.2, 0.25) is 0 Å². The van der Waals surface area contributed by atoms with Gasteiger partial charge < -0.3 is 14.7 Å². The van der Waals surface area contributed by atoms with E-state index in [0.717, 1.165) is 38.5 Å². The van der Waals surface area contributed by atoms with E-state index >= 15 is 0 Å². The molecule has 1 N–H and O–H groups in total. The fraction of sp³-hybridized carbons (Fsp3) is 0.562.